The first-order chi connectivity index (χ1) is 12.7. The Hall–Kier alpha value is -2.47. The number of hydrazone groups is 1. The second kappa shape index (κ2) is 8.95. The van der Waals surface area contributed by atoms with Gasteiger partial charge in [-0.2, -0.15) is 5.10 Å². The molecule has 0 aliphatic carbocycles. The third kappa shape index (κ3) is 6.03. The molecule has 2 rings (SSSR count). The summed E-state index contributed by atoms with van der Waals surface area (Å²) in [4.78, 5) is 25.4. The minimum Gasteiger partial charge on any atom is -0.326 e. The molecule has 0 atom stereocenters. The van der Waals surface area contributed by atoms with Crippen molar-refractivity contribution < 1.29 is 9.59 Å². The highest BCUT2D eigenvalue weighted by molar-refractivity contribution is 7.10. The highest BCUT2D eigenvalue weighted by Gasteiger charge is 2.21. The van der Waals surface area contributed by atoms with Gasteiger partial charge in [0, 0.05) is 21.4 Å². The van der Waals surface area contributed by atoms with Crippen LogP contribution < -0.4 is 10.7 Å². The number of carbonyl (C=O) groups is 2. The predicted octanol–water partition coefficient (Wildman–Crippen LogP) is 4.84. The van der Waals surface area contributed by atoms with Crippen molar-refractivity contribution in [2.24, 2.45) is 10.5 Å². The van der Waals surface area contributed by atoms with Gasteiger partial charge >= 0.3 is 0 Å². The predicted molar refractivity (Wildman–Crippen MR) is 113 cm³/mol. The van der Waals surface area contributed by atoms with Gasteiger partial charge < -0.3 is 5.32 Å². The number of carbonyl (C=O) groups excluding carboxylic acids is 2. The number of hydrogen-bond donors (Lipinski definition) is 2. The molecule has 2 aromatic rings. The second-order valence-electron chi connectivity index (χ2n) is 7.47. The van der Waals surface area contributed by atoms with Crippen LogP contribution in [0.4, 0.5) is 5.69 Å². The first-order valence-electron chi connectivity index (χ1n) is 9.04. The average molecular weight is 386 g/mol. The average Bonchev–Trinajstić information content (AvgIpc) is 3.08. The molecule has 0 saturated heterocycles. The van der Waals surface area contributed by atoms with E-state index in [-0.39, 0.29) is 11.8 Å². The summed E-state index contributed by atoms with van der Waals surface area (Å²) < 4.78 is 0. The van der Waals surface area contributed by atoms with Gasteiger partial charge in [0.15, 0.2) is 0 Å². The number of nitrogens with one attached hydrogen (secondary N) is 2. The van der Waals surface area contributed by atoms with Gasteiger partial charge in [0.25, 0.3) is 5.91 Å². The summed E-state index contributed by atoms with van der Waals surface area (Å²) in [6.45, 7) is 9.56. The minimum absolute atomic E-state index is 0.0360. The lowest BCUT2D eigenvalue weighted by molar-refractivity contribution is -0.123. The van der Waals surface area contributed by atoms with Crippen LogP contribution in [-0.2, 0) is 11.2 Å². The van der Waals surface area contributed by atoms with Gasteiger partial charge in [0.05, 0.1) is 11.3 Å². The molecule has 144 valence electrons. The minimum atomic E-state index is -0.445. The van der Waals surface area contributed by atoms with Crippen LogP contribution in [0.2, 0.25) is 0 Å². The summed E-state index contributed by atoms with van der Waals surface area (Å²) >= 11 is 1.60. The Bertz CT molecular complexity index is 830. The van der Waals surface area contributed by atoms with Crippen LogP contribution in [-0.4, -0.2) is 17.5 Å². The Balaban J connectivity index is 1.98. The first kappa shape index (κ1) is 20.8. The zero-order chi connectivity index (χ0) is 20.0. The van der Waals surface area contributed by atoms with Crippen molar-refractivity contribution in [3.8, 4) is 0 Å². The standard InChI is InChI=1S/C21H27N3O2S/c1-6-7-18-12-16(13-27-18)19(25)24-23-14(2)15-8-10-17(11-9-15)22-20(26)21(3,4)5/h8-13H,6-7H2,1-5H3,(H,22,26)(H,24,25)/b23-14-. The zero-order valence-electron chi connectivity index (χ0n) is 16.6. The van der Waals surface area contributed by atoms with E-state index in [9.17, 15) is 9.59 Å². The smallest absolute Gasteiger partial charge is 0.272 e. The number of rotatable bonds is 6. The van der Waals surface area contributed by atoms with Crippen molar-refractivity contribution in [1.82, 2.24) is 5.43 Å². The maximum absolute atomic E-state index is 12.2. The molecule has 1 heterocycles. The van der Waals surface area contributed by atoms with Crippen LogP contribution in [0.25, 0.3) is 0 Å². The normalized spacial score (nSPS) is 12.0. The molecule has 0 spiro atoms. The maximum atomic E-state index is 12.2. The van der Waals surface area contributed by atoms with Crippen molar-refractivity contribution >= 4 is 34.6 Å². The van der Waals surface area contributed by atoms with Crippen LogP contribution >= 0.6 is 11.3 Å². The van der Waals surface area contributed by atoms with Crippen molar-refractivity contribution in [3.63, 3.8) is 0 Å². The van der Waals surface area contributed by atoms with Crippen molar-refractivity contribution in [2.45, 2.75) is 47.5 Å². The molecule has 27 heavy (non-hydrogen) atoms. The summed E-state index contributed by atoms with van der Waals surface area (Å²) in [5.41, 5.74) is 5.10. The zero-order valence-corrected chi connectivity index (χ0v) is 17.4. The molecule has 5 nitrogen and oxygen atoms in total. The summed E-state index contributed by atoms with van der Waals surface area (Å²) in [5, 5.41) is 8.93. The third-order valence-corrected chi connectivity index (χ3v) is 4.98. The van der Waals surface area contributed by atoms with E-state index < -0.39 is 5.41 Å². The number of hydrogen-bond acceptors (Lipinski definition) is 4. The van der Waals surface area contributed by atoms with Crippen LogP contribution in [0.15, 0.2) is 40.8 Å². The van der Waals surface area contributed by atoms with E-state index in [0.717, 1.165) is 24.1 Å². The molecule has 2 N–H and O–H groups in total. The van der Waals surface area contributed by atoms with Crippen LogP contribution in [0.3, 0.4) is 0 Å². The molecule has 2 amide bonds. The molecule has 0 unspecified atom stereocenters. The number of nitrogens with zero attached hydrogens (tertiary/aromatic N) is 1. The monoisotopic (exact) mass is 385 g/mol. The van der Waals surface area contributed by atoms with Gasteiger partial charge in [0.2, 0.25) is 5.91 Å². The summed E-state index contributed by atoms with van der Waals surface area (Å²) in [7, 11) is 0. The third-order valence-electron chi connectivity index (χ3n) is 3.98. The number of amides is 2. The van der Waals surface area contributed by atoms with E-state index in [4.69, 9.17) is 0 Å². The van der Waals surface area contributed by atoms with E-state index >= 15 is 0 Å². The fourth-order valence-electron chi connectivity index (χ4n) is 2.25. The van der Waals surface area contributed by atoms with Gasteiger partial charge in [0.1, 0.15) is 0 Å². The second-order valence-corrected chi connectivity index (χ2v) is 8.47. The Morgan fingerprint density at radius 2 is 1.78 bits per heavy atom. The van der Waals surface area contributed by atoms with Crippen molar-refractivity contribution in [1.29, 1.82) is 0 Å². The quantitative estimate of drug-likeness (QED) is 0.552. The lowest BCUT2D eigenvalue weighted by atomic mass is 9.95. The van der Waals surface area contributed by atoms with E-state index in [1.807, 2.05) is 63.4 Å². The topological polar surface area (TPSA) is 70.6 Å². The summed E-state index contributed by atoms with van der Waals surface area (Å²) in [5.74, 6) is -0.242. The Kier molecular flexibility index (Phi) is 6.91. The largest absolute Gasteiger partial charge is 0.326 e. The van der Waals surface area contributed by atoms with Crippen LogP contribution in [0.1, 0.15) is 61.8 Å². The molecule has 0 bridgehead atoms. The molecular weight excluding hydrogens is 358 g/mol. The number of thiophene rings is 1. The SMILES string of the molecule is CCCc1cc(C(=O)N/N=C(/C)c2ccc(NC(=O)C(C)(C)C)cc2)cs1. The molecule has 1 aromatic heterocycles. The molecular formula is C21H27N3O2S. The molecule has 1 aromatic carbocycles. The number of aryl methyl sites for hydroxylation is 1. The summed E-state index contributed by atoms with van der Waals surface area (Å²) in [6.07, 6.45) is 2.05. The van der Waals surface area contributed by atoms with Gasteiger partial charge in [-0.25, -0.2) is 5.43 Å². The fourth-order valence-corrected chi connectivity index (χ4v) is 3.22. The van der Waals surface area contributed by atoms with Crippen LogP contribution in [0.5, 0.6) is 0 Å². The Morgan fingerprint density at radius 1 is 1.11 bits per heavy atom. The van der Waals surface area contributed by atoms with E-state index in [1.54, 1.807) is 11.3 Å². The summed E-state index contributed by atoms with van der Waals surface area (Å²) in [6, 6.07) is 9.31. The van der Waals surface area contributed by atoms with E-state index in [0.29, 0.717) is 11.3 Å². The van der Waals surface area contributed by atoms with Gasteiger partial charge in [-0.15, -0.1) is 11.3 Å². The fraction of sp³-hybridized carbons (Fsp3) is 0.381. The number of benzene rings is 1. The highest BCUT2D eigenvalue weighted by atomic mass is 32.1. The highest BCUT2D eigenvalue weighted by Crippen LogP contribution is 2.18. The molecule has 0 radical (unpaired) electrons. The van der Waals surface area contributed by atoms with Crippen LogP contribution in [0, 0.1) is 5.41 Å². The molecule has 0 aliphatic rings. The van der Waals surface area contributed by atoms with Crippen molar-refractivity contribution in [3.05, 3.63) is 51.7 Å². The first-order valence-corrected chi connectivity index (χ1v) is 9.92. The molecule has 0 fully saturated rings. The van der Waals surface area contributed by atoms with E-state index in [2.05, 4.69) is 22.8 Å². The Labute approximate surface area is 164 Å². The number of anilines is 1. The van der Waals surface area contributed by atoms with Gasteiger partial charge in [-0.3, -0.25) is 9.59 Å². The maximum Gasteiger partial charge on any atom is 0.272 e. The molecule has 0 aliphatic heterocycles. The molecule has 0 saturated carbocycles. The van der Waals surface area contributed by atoms with Crippen molar-refractivity contribution in [2.75, 3.05) is 5.32 Å². The van der Waals surface area contributed by atoms with E-state index in [1.165, 1.54) is 4.88 Å². The lowest BCUT2D eigenvalue weighted by Crippen LogP contribution is -2.27. The molecule has 6 heteroatoms. The Morgan fingerprint density at radius 3 is 2.37 bits per heavy atom. The van der Waals surface area contributed by atoms with Gasteiger partial charge in [-0.1, -0.05) is 46.2 Å². The van der Waals surface area contributed by atoms with Gasteiger partial charge in [-0.05, 0) is 37.1 Å². The lowest BCUT2D eigenvalue weighted by Gasteiger charge is -2.17.